The lowest BCUT2D eigenvalue weighted by Gasteiger charge is -2.23. The highest BCUT2D eigenvalue weighted by molar-refractivity contribution is 9.10. The summed E-state index contributed by atoms with van der Waals surface area (Å²) in [6.07, 6.45) is 1.29. The fourth-order valence-electron chi connectivity index (χ4n) is 6.38. The minimum absolute atomic E-state index is 0.121. The average Bonchev–Trinajstić information content (AvgIpc) is 3.11. The molecule has 0 fully saturated rings. The number of benzene rings is 5. The first kappa shape index (κ1) is 36.4. The van der Waals surface area contributed by atoms with Gasteiger partial charge in [0.15, 0.2) is 0 Å². The highest BCUT2D eigenvalue weighted by atomic mass is 79.9. The first-order valence-electron chi connectivity index (χ1n) is 17.0. The number of phosphoric acid groups is 1. The van der Waals surface area contributed by atoms with Crippen LogP contribution in [-0.2, 0) is 39.3 Å². The van der Waals surface area contributed by atoms with Gasteiger partial charge in [0.25, 0.3) is 0 Å². The third-order valence-electron chi connectivity index (χ3n) is 8.56. The van der Waals surface area contributed by atoms with Gasteiger partial charge in [-0.2, -0.15) is 0 Å². The van der Waals surface area contributed by atoms with E-state index in [-0.39, 0.29) is 31.8 Å². The number of phenolic OH excluding ortho intramolecular Hbond substituents is 1. The van der Waals surface area contributed by atoms with Crippen molar-refractivity contribution in [1.29, 1.82) is 0 Å². The standard InChI is InChI=1S/C41H40BrO8P/c1-4-46-38-28-15-10-16-29(38)23-34-25-36(42)26-35(37(34)43)24-31-18-11-17-30(39(31)49-41(44)27-13-8-7-9-14-27)22-33-20-12-19-32(21-28)40(33)50-51(45,47-5-2)48-6-3/h7-20,25-26,43H,4-6,21-24H2,1-3H3. The Morgan fingerprint density at radius 2 is 1.08 bits per heavy atom. The minimum atomic E-state index is -4.02. The fourth-order valence-corrected chi connectivity index (χ4v) is 8.20. The Balaban J connectivity index is 1.59. The number of rotatable bonds is 10. The van der Waals surface area contributed by atoms with Gasteiger partial charge in [0.2, 0.25) is 0 Å². The number of carbonyl (C=O) groups is 1. The molecule has 0 aliphatic heterocycles. The Bertz CT molecular complexity index is 2070. The van der Waals surface area contributed by atoms with Crippen LogP contribution in [0.3, 0.4) is 0 Å². The highest BCUT2D eigenvalue weighted by Gasteiger charge is 2.31. The molecule has 0 amide bonds. The van der Waals surface area contributed by atoms with Crippen molar-refractivity contribution in [3.05, 3.63) is 152 Å². The molecule has 10 heteroatoms. The van der Waals surface area contributed by atoms with Crippen LogP contribution in [0, 0.1) is 0 Å². The van der Waals surface area contributed by atoms with Crippen molar-refractivity contribution in [2.75, 3.05) is 19.8 Å². The lowest BCUT2D eigenvalue weighted by atomic mass is 9.91. The van der Waals surface area contributed by atoms with E-state index in [0.29, 0.717) is 70.1 Å². The van der Waals surface area contributed by atoms with Gasteiger partial charge in [0, 0.05) is 30.2 Å². The summed E-state index contributed by atoms with van der Waals surface area (Å²) in [4.78, 5) is 13.6. The van der Waals surface area contributed by atoms with Crippen molar-refractivity contribution < 1.29 is 37.5 Å². The summed E-state index contributed by atoms with van der Waals surface area (Å²) in [5.74, 6) is 1.09. The lowest BCUT2D eigenvalue weighted by Crippen LogP contribution is -2.13. The van der Waals surface area contributed by atoms with Crippen molar-refractivity contribution >= 4 is 29.7 Å². The predicted octanol–water partition coefficient (Wildman–Crippen LogP) is 10.0. The van der Waals surface area contributed by atoms with Gasteiger partial charge in [-0.05, 0) is 89.5 Å². The second-order valence-corrected chi connectivity index (χ2v) is 14.6. The molecule has 0 spiro atoms. The zero-order valence-electron chi connectivity index (χ0n) is 28.8. The number of phosphoric ester groups is 1. The summed E-state index contributed by atoms with van der Waals surface area (Å²) in [6.45, 7) is 6.08. The molecule has 264 valence electrons. The number of hydrogen-bond acceptors (Lipinski definition) is 8. The number of para-hydroxylation sites is 3. The monoisotopic (exact) mass is 770 g/mol. The number of hydrogen-bond donors (Lipinski definition) is 1. The summed E-state index contributed by atoms with van der Waals surface area (Å²) < 4.78 is 44.8. The number of aromatic hydroxyl groups is 1. The fraction of sp³-hybridized carbons (Fsp3) is 0.244. The summed E-state index contributed by atoms with van der Waals surface area (Å²) in [5.41, 5.74) is 6.39. The molecular weight excluding hydrogens is 731 g/mol. The molecule has 0 radical (unpaired) electrons. The Labute approximate surface area is 307 Å². The molecule has 1 N–H and O–H groups in total. The van der Waals surface area contributed by atoms with E-state index in [0.717, 1.165) is 21.2 Å². The average molecular weight is 772 g/mol. The van der Waals surface area contributed by atoms with E-state index in [2.05, 4.69) is 15.9 Å². The SMILES string of the molecule is CCOc1c2cccc1Cc1cccc(c1OP(=O)(OCC)OCC)Cc1cccc(c1OC(=O)c1ccccc1)Cc1cc(Br)cc(c1O)C2. The van der Waals surface area contributed by atoms with Gasteiger partial charge in [0.1, 0.15) is 23.0 Å². The van der Waals surface area contributed by atoms with E-state index >= 15 is 0 Å². The maximum atomic E-state index is 13.9. The number of phenols is 1. The van der Waals surface area contributed by atoms with Crippen LogP contribution < -0.4 is 14.0 Å². The van der Waals surface area contributed by atoms with E-state index in [4.69, 9.17) is 23.0 Å². The van der Waals surface area contributed by atoms with Crippen molar-refractivity contribution in [3.63, 3.8) is 0 Å². The molecule has 1 aliphatic rings. The van der Waals surface area contributed by atoms with Crippen molar-refractivity contribution in [3.8, 4) is 23.0 Å². The first-order chi connectivity index (χ1) is 24.7. The summed E-state index contributed by atoms with van der Waals surface area (Å²) >= 11 is 3.67. The van der Waals surface area contributed by atoms with Gasteiger partial charge in [-0.25, -0.2) is 9.36 Å². The van der Waals surface area contributed by atoms with Crippen molar-refractivity contribution in [2.24, 2.45) is 0 Å². The van der Waals surface area contributed by atoms with Crippen LogP contribution in [0.5, 0.6) is 23.0 Å². The lowest BCUT2D eigenvalue weighted by molar-refractivity contribution is 0.0731. The highest BCUT2D eigenvalue weighted by Crippen LogP contribution is 2.52. The van der Waals surface area contributed by atoms with Gasteiger partial charge in [-0.3, -0.25) is 9.05 Å². The van der Waals surface area contributed by atoms with Crippen LogP contribution in [0.2, 0.25) is 0 Å². The molecule has 51 heavy (non-hydrogen) atoms. The van der Waals surface area contributed by atoms with Crippen LogP contribution in [0.1, 0.15) is 75.6 Å². The molecule has 5 aromatic rings. The molecule has 0 saturated carbocycles. The zero-order chi connectivity index (χ0) is 36.0. The second kappa shape index (κ2) is 16.3. The van der Waals surface area contributed by atoms with Gasteiger partial charge < -0.3 is 19.1 Å². The van der Waals surface area contributed by atoms with Crippen LogP contribution in [0.15, 0.2) is 102 Å². The van der Waals surface area contributed by atoms with Crippen LogP contribution in [0.4, 0.5) is 0 Å². The minimum Gasteiger partial charge on any atom is -0.507 e. The van der Waals surface area contributed by atoms with Crippen LogP contribution >= 0.6 is 23.8 Å². The first-order valence-corrected chi connectivity index (χ1v) is 19.3. The van der Waals surface area contributed by atoms with E-state index in [9.17, 15) is 14.5 Å². The second-order valence-electron chi connectivity index (χ2n) is 12.1. The zero-order valence-corrected chi connectivity index (χ0v) is 31.3. The van der Waals surface area contributed by atoms with Crippen molar-refractivity contribution in [2.45, 2.75) is 46.5 Å². The number of esters is 1. The predicted molar refractivity (Wildman–Crippen MR) is 200 cm³/mol. The molecule has 0 atom stereocenters. The Hall–Kier alpha value is -4.40. The molecule has 1 aliphatic carbocycles. The van der Waals surface area contributed by atoms with Crippen LogP contribution in [0.25, 0.3) is 0 Å². The molecule has 8 bridgehead atoms. The van der Waals surface area contributed by atoms with E-state index in [1.54, 1.807) is 38.1 Å². The van der Waals surface area contributed by atoms with Gasteiger partial charge >= 0.3 is 13.8 Å². The topological polar surface area (TPSA) is 101 Å². The van der Waals surface area contributed by atoms with Crippen LogP contribution in [-0.4, -0.2) is 30.9 Å². The molecule has 6 rings (SSSR count). The number of fused-ring (bicyclic) bond motifs is 8. The third kappa shape index (κ3) is 8.40. The molecule has 0 heterocycles. The quantitative estimate of drug-likeness (QED) is 0.0835. The van der Waals surface area contributed by atoms with E-state index in [1.807, 2.05) is 79.7 Å². The summed E-state index contributed by atoms with van der Waals surface area (Å²) in [7, 11) is -4.02. The molecule has 8 nitrogen and oxygen atoms in total. The summed E-state index contributed by atoms with van der Waals surface area (Å²) in [6, 6.07) is 30.0. The Kier molecular flexibility index (Phi) is 11.6. The third-order valence-corrected chi connectivity index (χ3v) is 10.6. The van der Waals surface area contributed by atoms with E-state index in [1.165, 1.54) is 0 Å². The summed E-state index contributed by atoms with van der Waals surface area (Å²) in [5, 5.41) is 11.7. The molecular formula is C41H40BrO8P. The molecule has 0 aromatic heterocycles. The molecule has 0 unspecified atom stereocenters. The Morgan fingerprint density at radius 3 is 1.55 bits per heavy atom. The van der Waals surface area contributed by atoms with E-state index < -0.39 is 13.8 Å². The maximum absolute atomic E-state index is 13.9. The van der Waals surface area contributed by atoms with Crippen molar-refractivity contribution in [1.82, 2.24) is 0 Å². The molecule has 0 saturated heterocycles. The largest absolute Gasteiger partial charge is 0.530 e. The number of halogens is 1. The molecule has 5 aromatic carbocycles. The smallest absolute Gasteiger partial charge is 0.507 e. The van der Waals surface area contributed by atoms with Gasteiger partial charge in [-0.15, -0.1) is 0 Å². The number of ether oxygens (including phenoxy) is 2. The normalized spacial score (nSPS) is 12.6. The van der Waals surface area contributed by atoms with Gasteiger partial charge in [0.05, 0.1) is 25.4 Å². The maximum Gasteiger partial charge on any atom is 0.530 e. The number of carbonyl (C=O) groups excluding carboxylic acids is 1. The van der Waals surface area contributed by atoms with Gasteiger partial charge in [-0.1, -0.05) is 88.7 Å². The Morgan fingerprint density at radius 1 is 0.627 bits per heavy atom.